The molecule has 2 aromatic rings. The first-order valence-corrected chi connectivity index (χ1v) is 11.8. The van der Waals surface area contributed by atoms with Crippen molar-refractivity contribution in [2.75, 3.05) is 19.8 Å². The van der Waals surface area contributed by atoms with Gasteiger partial charge in [-0.25, -0.2) is 17.2 Å². The van der Waals surface area contributed by atoms with Gasteiger partial charge in [-0.3, -0.25) is 4.90 Å². The van der Waals surface area contributed by atoms with Crippen LogP contribution in [0.25, 0.3) is 0 Å². The Morgan fingerprint density at radius 3 is 2.74 bits per heavy atom. The molecule has 0 saturated carbocycles. The first-order chi connectivity index (χ1) is 14.8. The minimum Gasteiger partial charge on any atom is -0.380 e. The number of hydrogen-bond donors (Lipinski definition) is 1. The second-order valence-electron chi connectivity index (χ2n) is 8.38. The molecule has 31 heavy (non-hydrogen) atoms. The van der Waals surface area contributed by atoms with Gasteiger partial charge in [0.2, 0.25) is 0 Å². The van der Waals surface area contributed by atoms with Crippen LogP contribution in [0.15, 0.2) is 24.4 Å². The van der Waals surface area contributed by atoms with Crippen molar-refractivity contribution < 1.29 is 26.7 Å². The van der Waals surface area contributed by atoms with Crippen molar-refractivity contribution in [2.45, 2.75) is 49.4 Å². The third-order valence-electron chi connectivity index (χ3n) is 6.33. The summed E-state index contributed by atoms with van der Waals surface area (Å²) in [5, 5.41) is 3.76. The number of benzene rings is 1. The molecule has 0 aliphatic carbocycles. The fraction of sp³-hybridized carbons (Fsp3) is 0.550. The largest absolute Gasteiger partial charge is 0.380 e. The molecule has 0 amide bonds. The fourth-order valence-corrected chi connectivity index (χ4v) is 6.05. The van der Waals surface area contributed by atoms with Crippen LogP contribution in [0.5, 0.6) is 0 Å². The molecule has 0 spiro atoms. The molecule has 1 aromatic carbocycles. The summed E-state index contributed by atoms with van der Waals surface area (Å²) in [7, 11) is -3.56. The van der Waals surface area contributed by atoms with Gasteiger partial charge in [-0.1, -0.05) is 0 Å². The molecule has 2 saturated heterocycles. The minimum absolute atomic E-state index is 0.0228. The first-order valence-electron chi connectivity index (χ1n) is 10.3. The Morgan fingerprint density at radius 2 is 2.03 bits per heavy atom. The molecule has 2 N–H and O–H groups in total. The first kappa shape index (κ1) is 21.0. The van der Waals surface area contributed by atoms with Crippen LogP contribution in [0.4, 0.5) is 8.78 Å². The monoisotopic (exact) mass is 454 g/mol. The van der Waals surface area contributed by atoms with Gasteiger partial charge in [0.05, 0.1) is 18.9 Å². The van der Waals surface area contributed by atoms with Gasteiger partial charge in [-0.15, -0.1) is 0 Å². The second-order valence-corrected chi connectivity index (χ2v) is 10.5. The summed E-state index contributed by atoms with van der Waals surface area (Å²) in [5.41, 5.74) is 7.97. The van der Waals surface area contributed by atoms with Gasteiger partial charge >= 0.3 is 0 Å². The van der Waals surface area contributed by atoms with Gasteiger partial charge in [-0.2, -0.15) is 9.19 Å². The van der Waals surface area contributed by atoms with E-state index < -0.39 is 39.1 Å². The summed E-state index contributed by atoms with van der Waals surface area (Å²) >= 11 is 0. The number of halogens is 2. The zero-order valence-electron chi connectivity index (χ0n) is 16.8. The molecular weight excluding hydrogens is 430 g/mol. The molecular formula is C20H24F2N4O4S. The van der Waals surface area contributed by atoms with Crippen molar-refractivity contribution in [1.29, 1.82) is 0 Å². The molecule has 1 aromatic heterocycles. The highest BCUT2D eigenvalue weighted by Crippen LogP contribution is 2.34. The predicted octanol–water partition coefficient (Wildman–Crippen LogP) is 1.30. The van der Waals surface area contributed by atoms with Crippen LogP contribution in [-0.2, 0) is 32.6 Å². The van der Waals surface area contributed by atoms with Crippen LogP contribution < -0.4 is 5.73 Å². The molecule has 3 aliphatic heterocycles. The standard InChI is InChI=1S/C20H24F2N4O4S/c21-13-1-2-17(22)16(5-13)20-18(23)6-14(10-30-20)25-7-12-8-26(24-19(12)9-25)31(27,28)15-3-4-29-11-15/h1-2,5,8,14-15,18,20H,3-4,6-7,9-11,23H2/t14-,15-,18+,20-/m1/s1. The Hall–Kier alpha value is -1.92. The molecule has 11 heteroatoms. The number of fused-ring (bicyclic) bond motifs is 1. The molecule has 0 bridgehead atoms. The highest BCUT2D eigenvalue weighted by molar-refractivity contribution is 7.90. The Bertz CT molecular complexity index is 1060. The number of nitrogens with zero attached hydrogens (tertiary/aromatic N) is 3. The van der Waals surface area contributed by atoms with E-state index in [4.69, 9.17) is 15.2 Å². The summed E-state index contributed by atoms with van der Waals surface area (Å²) in [4.78, 5) is 2.13. The van der Waals surface area contributed by atoms with E-state index in [0.717, 1.165) is 33.5 Å². The zero-order valence-corrected chi connectivity index (χ0v) is 17.6. The zero-order chi connectivity index (χ0) is 21.8. The Kier molecular flexibility index (Phi) is 5.33. The third kappa shape index (κ3) is 3.78. The molecule has 4 atom stereocenters. The van der Waals surface area contributed by atoms with Crippen molar-refractivity contribution in [3.63, 3.8) is 0 Å². The smallest absolute Gasteiger partial charge is 0.259 e. The number of nitrogens with two attached hydrogens (primary N) is 1. The topological polar surface area (TPSA) is 99.7 Å². The molecule has 5 rings (SSSR count). The van der Waals surface area contributed by atoms with E-state index in [1.54, 1.807) is 6.20 Å². The Balaban J connectivity index is 1.25. The molecule has 0 radical (unpaired) electrons. The van der Waals surface area contributed by atoms with Gasteiger partial charge in [0.15, 0.2) is 0 Å². The summed E-state index contributed by atoms with van der Waals surface area (Å²) in [6, 6.07) is 2.76. The van der Waals surface area contributed by atoms with Gasteiger partial charge in [-0.05, 0) is 31.0 Å². The van der Waals surface area contributed by atoms with E-state index in [0.29, 0.717) is 39.1 Å². The van der Waals surface area contributed by atoms with Crippen LogP contribution in [0.3, 0.4) is 0 Å². The Labute approximate surface area is 179 Å². The second kappa shape index (κ2) is 7.89. The quantitative estimate of drug-likeness (QED) is 0.743. The minimum atomic E-state index is -3.56. The van der Waals surface area contributed by atoms with Crippen LogP contribution in [0, 0.1) is 11.6 Å². The average Bonchev–Trinajstić information content (AvgIpc) is 3.46. The normalized spacial score (nSPS) is 29.4. The van der Waals surface area contributed by atoms with Crippen LogP contribution in [0.1, 0.15) is 35.8 Å². The van der Waals surface area contributed by atoms with E-state index >= 15 is 0 Å². The maximum atomic E-state index is 14.1. The third-order valence-corrected chi connectivity index (χ3v) is 8.26. The van der Waals surface area contributed by atoms with Gasteiger partial charge in [0.25, 0.3) is 10.0 Å². The molecule has 168 valence electrons. The van der Waals surface area contributed by atoms with Crippen molar-refractivity contribution >= 4 is 10.0 Å². The highest BCUT2D eigenvalue weighted by atomic mass is 32.2. The fourth-order valence-electron chi connectivity index (χ4n) is 4.59. The van der Waals surface area contributed by atoms with E-state index in [1.807, 2.05) is 0 Å². The lowest BCUT2D eigenvalue weighted by Crippen LogP contribution is -2.47. The van der Waals surface area contributed by atoms with Crippen LogP contribution >= 0.6 is 0 Å². The molecule has 2 fully saturated rings. The molecule has 3 aliphatic rings. The predicted molar refractivity (Wildman–Crippen MR) is 106 cm³/mol. The summed E-state index contributed by atoms with van der Waals surface area (Å²) in [6.45, 7) is 1.98. The SMILES string of the molecule is N[C@H]1C[C@@H](N2Cc3cn(S(=O)(=O)[C@@H]4CCOC4)nc3C2)CO[C@@H]1c1cc(F)ccc1F. The summed E-state index contributed by atoms with van der Waals surface area (Å²) < 4.78 is 65.2. The molecule has 8 nitrogen and oxygen atoms in total. The number of aromatic nitrogens is 2. The number of ether oxygens (including phenoxy) is 2. The Morgan fingerprint density at radius 1 is 1.19 bits per heavy atom. The van der Waals surface area contributed by atoms with Crippen molar-refractivity contribution in [3.8, 4) is 0 Å². The van der Waals surface area contributed by atoms with Crippen molar-refractivity contribution in [3.05, 3.63) is 52.9 Å². The van der Waals surface area contributed by atoms with Gasteiger partial charge in [0.1, 0.15) is 23.0 Å². The van der Waals surface area contributed by atoms with E-state index in [9.17, 15) is 17.2 Å². The summed E-state index contributed by atoms with van der Waals surface area (Å²) in [6.07, 6.45) is 1.89. The molecule has 4 heterocycles. The lowest BCUT2D eigenvalue weighted by Gasteiger charge is -2.38. The summed E-state index contributed by atoms with van der Waals surface area (Å²) in [5.74, 6) is -1.07. The van der Waals surface area contributed by atoms with E-state index in [2.05, 4.69) is 10.00 Å². The van der Waals surface area contributed by atoms with Gasteiger partial charge < -0.3 is 15.2 Å². The van der Waals surface area contributed by atoms with E-state index in [-0.39, 0.29) is 18.2 Å². The van der Waals surface area contributed by atoms with Crippen molar-refractivity contribution in [1.82, 2.24) is 14.1 Å². The number of rotatable bonds is 4. The van der Waals surface area contributed by atoms with Crippen molar-refractivity contribution in [2.24, 2.45) is 5.73 Å². The van der Waals surface area contributed by atoms with Crippen LogP contribution in [-0.4, -0.2) is 59.7 Å². The average molecular weight is 454 g/mol. The maximum Gasteiger partial charge on any atom is 0.259 e. The van der Waals surface area contributed by atoms with E-state index in [1.165, 1.54) is 0 Å². The highest BCUT2D eigenvalue weighted by Gasteiger charge is 2.38. The van der Waals surface area contributed by atoms with Crippen LogP contribution in [0.2, 0.25) is 0 Å². The number of hydrogen-bond acceptors (Lipinski definition) is 7. The lowest BCUT2D eigenvalue weighted by molar-refractivity contribution is -0.0533. The lowest BCUT2D eigenvalue weighted by atomic mass is 9.93. The molecule has 0 unspecified atom stereocenters. The van der Waals surface area contributed by atoms with Gasteiger partial charge in [0, 0.05) is 49.1 Å². The maximum absolute atomic E-state index is 14.1.